The molecule has 0 bridgehead atoms. The smallest absolute Gasteiger partial charge is 0.254 e. The number of hydrogen-bond donors (Lipinski definition) is 2. The van der Waals surface area contributed by atoms with Gasteiger partial charge in [0.25, 0.3) is 5.91 Å². The van der Waals surface area contributed by atoms with Crippen molar-refractivity contribution in [1.29, 1.82) is 0 Å². The number of hydrogen-bond acceptors (Lipinski definition) is 3. The zero-order valence-corrected chi connectivity index (χ0v) is 11.6. The van der Waals surface area contributed by atoms with E-state index in [0.717, 1.165) is 24.1 Å². The van der Waals surface area contributed by atoms with Crippen LogP contribution in [0, 0.1) is 0 Å². The third-order valence-corrected chi connectivity index (χ3v) is 3.63. The normalized spacial score (nSPS) is 22.8. The van der Waals surface area contributed by atoms with Crippen LogP contribution in [0.15, 0.2) is 24.3 Å². The number of likely N-dealkylation sites (N-methyl/N-ethyl adjacent to an activating group) is 1. The van der Waals surface area contributed by atoms with Gasteiger partial charge < -0.3 is 15.3 Å². The number of rotatable bonds is 4. The zero-order valence-electron chi connectivity index (χ0n) is 11.6. The van der Waals surface area contributed by atoms with Gasteiger partial charge in [0.1, 0.15) is 0 Å². The van der Waals surface area contributed by atoms with E-state index >= 15 is 0 Å². The van der Waals surface area contributed by atoms with E-state index in [9.17, 15) is 9.90 Å². The zero-order chi connectivity index (χ0) is 13.9. The number of nitrogens with one attached hydrogen (secondary N) is 1. The number of amides is 1. The van der Waals surface area contributed by atoms with Crippen molar-refractivity contribution in [2.24, 2.45) is 0 Å². The molecule has 2 rings (SSSR count). The first kappa shape index (κ1) is 14.0. The molecular weight excluding hydrogens is 240 g/mol. The largest absolute Gasteiger partial charge is 0.388 e. The summed E-state index contributed by atoms with van der Waals surface area (Å²) in [6.45, 7) is 3.69. The van der Waals surface area contributed by atoms with Crippen molar-refractivity contribution >= 4 is 5.91 Å². The first-order valence-electron chi connectivity index (χ1n) is 6.78. The molecule has 0 saturated carbocycles. The Morgan fingerprint density at radius 2 is 2.21 bits per heavy atom. The van der Waals surface area contributed by atoms with Crippen LogP contribution in [0.2, 0.25) is 0 Å². The summed E-state index contributed by atoms with van der Waals surface area (Å²) in [5.74, 6) is 0.0319. The van der Waals surface area contributed by atoms with Crippen molar-refractivity contribution < 1.29 is 9.90 Å². The van der Waals surface area contributed by atoms with Crippen LogP contribution in [0.1, 0.15) is 29.3 Å². The Kier molecular flexibility index (Phi) is 4.22. The van der Waals surface area contributed by atoms with Gasteiger partial charge in [-0.15, -0.1) is 0 Å². The van der Waals surface area contributed by atoms with Crippen LogP contribution in [-0.2, 0) is 6.42 Å². The van der Waals surface area contributed by atoms with Crippen LogP contribution in [0.3, 0.4) is 0 Å². The molecule has 0 aliphatic carbocycles. The lowest BCUT2D eigenvalue weighted by molar-refractivity contribution is 0.0571. The Balaban J connectivity index is 2.15. The van der Waals surface area contributed by atoms with E-state index in [1.807, 2.05) is 31.3 Å². The van der Waals surface area contributed by atoms with Gasteiger partial charge in [0.15, 0.2) is 0 Å². The molecule has 1 amide bonds. The Bertz CT molecular complexity index is 457. The maximum absolute atomic E-state index is 12.5. The van der Waals surface area contributed by atoms with Crippen LogP contribution in [0.25, 0.3) is 0 Å². The number of nitrogens with zero attached hydrogens (tertiary/aromatic N) is 1. The van der Waals surface area contributed by atoms with Gasteiger partial charge in [0, 0.05) is 18.7 Å². The molecule has 1 saturated heterocycles. The first-order valence-corrected chi connectivity index (χ1v) is 6.78. The lowest BCUT2D eigenvalue weighted by Gasteiger charge is -2.20. The van der Waals surface area contributed by atoms with Crippen LogP contribution in [0.4, 0.5) is 0 Å². The molecule has 1 atom stereocenters. The molecule has 4 heteroatoms. The molecule has 19 heavy (non-hydrogen) atoms. The van der Waals surface area contributed by atoms with Crippen LogP contribution >= 0.6 is 0 Å². The molecule has 1 unspecified atom stereocenters. The summed E-state index contributed by atoms with van der Waals surface area (Å²) in [5.41, 5.74) is 1.08. The van der Waals surface area contributed by atoms with Crippen molar-refractivity contribution in [3.63, 3.8) is 0 Å². The fraction of sp³-hybridized carbons (Fsp3) is 0.533. The molecule has 1 fully saturated rings. The van der Waals surface area contributed by atoms with Gasteiger partial charge in [-0.25, -0.2) is 0 Å². The second-order valence-corrected chi connectivity index (χ2v) is 5.48. The van der Waals surface area contributed by atoms with Crippen molar-refractivity contribution in [3.8, 4) is 0 Å². The van der Waals surface area contributed by atoms with Crippen molar-refractivity contribution in [2.75, 3.05) is 26.7 Å². The fourth-order valence-corrected chi connectivity index (χ4v) is 2.50. The van der Waals surface area contributed by atoms with Crippen molar-refractivity contribution in [3.05, 3.63) is 35.4 Å². The summed E-state index contributed by atoms with van der Waals surface area (Å²) in [6.07, 6.45) is 1.49. The number of aliphatic hydroxyl groups is 1. The Morgan fingerprint density at radius 3 is 2.84 bits per heavy atom. The molecule has 4 nitrogen and oxygen atoms in total. The third kappa shape index (κ3) is 3.33. The van der Waals surface area contributed by atoms with Gasteiger partial charge in [-0.2, -0.15) is 0 Å². The second kappa shape index (κ2) is 5.72. The second-order valence-electron chi connectivity index (χ2n) is 5.48. The molecule has 1 aliphatic rings. The highest BCUT2D eigenvalue weighted by atomic mass is 16.3. The summed E-state index contributed by atoms with van der Waals surface area (Å²) in [7, 11) is 1.90. The number of carbonyl (C=O) groups is 1. The number of benzene rings is 1. The highest BCUT2D eigenvalue weighted by molar-refractivity contribution is 5.96. The average molecular weight is 262 g/mol. The standard InChI is InChI=1S/C15H22N2O2/c1-15(19)8-10-17(11-15)14(18)13-6-4-3-5-12(13)7-9-16-2/h3-6,16,19H,7-11H2,1-2H3. The van der Waals surface area contributed by atoms with Gasteiger partial charge >= 0.3 is 0 Å². The highest BCUT2D eigenvalue weighted by Crippen LogP contribution is 2.23. The van der Waals surface area contributed by atoms with Crippen LogP contribution in [-0.4, -0.2) is 48.2 Å². The van der Waals surface area contributed by atoms with E-state index in [0.29, 0.717) is 19.5 Å². The summed E-state index contributed by atoms with van der Waals surface area (Å²) in [4.78, 5) is 14.3. The van der Waals surface area contributed by atoms with E-state index < -0.39 is 5.60 Å². The minimum atomic E-state index is -0.740. The molecular formula is C15H22N2O2. The molecule has 1 heterocycles. The minimum Gasteiger partial charge on any atom is -0.388 e. The van der Waals surface area contributed by atoms with E-state index in [-0.39, 0.29) is 5.91 Å². The number of likely N-dealkylation sites (tertiary alicyclic amines) is 1. The van der Waals surface area contributed by atoms with E-state index in [1.165, 1.54) is 0 Å². The molecule has 2 N–H and O–H groups in total. The molecule has 1 aromatic rings. The molecule has 1 aliphatic heterocycles. The predicted molar refractivity (Wildman–Crippen MR) is 75.2 cm³/mol. The molecule has 0 radical (unpaired) electrons. The van der Waals surface area contributed by atoms with Gasteiger partial charge in [0.05, 0.1) is 5.60 Å². The SMILES string of the molecule is CNCCc1ccccc1C(=O)N1CCC(C)(O)C1. The van der Waals surface area contributed by atoms with Crippen molar-refractivity contribution in [2.45, 2.75) is 25.4 Å². The summed E-state index contributed by atoms with van der Waals surface area (Å²) >= 11 is 0. The third-order valence-electron chi connectivity index (χ3n) is 3.63. The van der Waals surface area contributed by atoms with Gasteiger partial charge in [-0.1, -0.05) is 18.2 Å². The minimum absolute atomic E-state index is 0.0319. The monoisotopic (exact) mass is 262 g/mol. The maximum atomic E-state index is 12.5. The predicted octanol–water partition coefficient (Wildman–Crippen LogP) is 1.05. The Morgan fingerprint density at radius 1 is 1.47 bits per heavy atom. The first-order chi connectivity index (χ1) is 9.03. The molecule has 0 spiro atoms. The molecule has 0 aromatic heterocycles. The topological polar surface area (TPSA) is 52.6 Å². The highest BCUT2D eigenvalue weighted by Gasteiger charge is 2.34. The summed E-state index contributed by atoms with van der Waals surface area (Å²) in [6, 6.07) is 7.73. The Labute approximate surface area is 114 Å². The van der Waals surface area contributed by atoms with E-state index in [4.69, 9.17) is 0 Å². The lowest BCUT2D eigenvalue weighted by Crippen LogP contribution is -2.34. The van der Waals surface area contributed by atoms with E-state index in [1.54, 1.807) is 11.8 Å². The molecule has 1 aromatic carbocycles. The van der Waals surface area contributed by atoms with Crippen molar-refractivity contribution in [1.82, 2.24) is 10.2 Å². The van der Waals surface area contributed by atoms with Gasteiger partial charge in [-0.05, 0) is 45.0 Å². The quantitative estimate of drug-likeness (QED) is 0.852. The van der Waals surface area contributed by atoms with Gasteiger partial charge in [0.2, 0.25) is 0 Å². The average Bonchev–Trinajstić information content (AvgIpc) is 2.76. The lowest BCUT2D eigenvalue weighted by atomic mass is 10.0. The number of carbonyl (C=O) groups excluding carboxylic acids is 1. The van der Waals surface area contributed by atoms with Gasteiger partial charge in [-0.3, -0.25) is 4.79 Å². The van der Waals surface area contributed by atoms with Crippen LogP contribution < -0.4 is 5.32 Å². The van der Waals surface area contributed by atoms with E-state index in [2.05, 4.69) is 5.32 Å². The number of β-amino-alcohol motifs (C(OH)–C–C–N with tert-alkyl or cyclic N) is 1. The summed E-state index contributed by atoms with van der Waals surface area (Å²) < 4.78 is 0. The van der Waals surface area contributed by atoms with Crippen LogP contribution in [0.5, 0.6) is 0 Å². The molecule has 104 valence electrons. The maximum Gasteiger partial charge on any atom is 0.254 e. The summed E-state index contributed by atoms with van der Waals surface area (Å²) in [5, 5.41) is 13.1. The fourth-order valence-electron chi connectivity index (χ4n) is 2.50. The Hall–Kier alpha value is -1.39.